The second-order valence-corrected chi connectivity index (χ2v) is 7.31. The van der Waals surface area contributed by atoms with E-state index in [1.54, 1.807) is 14.0 Å². The molecular formula is C17H16BrN3O2S. The van der Waals surface area contributed by atoms with E-state index in [1.807, 2.05) is 41.8 Å². The standard InChI is InChI=1S/C17H16BrN3O2S/c1-10-14(16(22)19-12-7-5-11(18)6-8-12)15(13-4-3-9-24-13)20-17(23)21(10)2/h3-9,15H,1-2H3,(H,19,22)(H,20,23). The normalized spacial score (nSPS) is 17.7. The average Bonchev–Trinajstić information content (AvgIpc) is 3.08. The molecule has 3 rings (SSSR count). The highest BCUT2D eigenvalue weighted by Crippen LogP contribution is 2.33. The molecule has 0 aliphatic carbocycles. The van der Waals surface area contributed by atoms with Crippen LogP contribution in [0.1, 0.15) is 17.8 Å². The first-order chi connectivity index (χ1) is 11.5. The molecule has 1 atom stereocenters. The van der Waals surface area contributed by atoms with E-state index in [0.29, 0.717) is 17.0 Å². The zero-order valence-electron chi connectivity index (χ0n) is 13.2. The molecule has 1 aliphatic rings. The van der Waals surface area contributed by atoms with Crippen molar-refractivity contribution < 1.29 is 9.59 Å². The highest BCUT2D eigenvalue weighted by atomic mass is 79.9. The van der Waals surface area contributed by atoms with E-state index in [2.05, 4.69) is 26.6 Å². The van der Waals surface area contributed by atoms with Gasteiger partial charge in [-0.15, -0.1) is 11.3 Å². The number of carbonyl (C=O) groups excluding carboxylic acids is 2. The summed E-state index contributed by atoms with van der Waals surface area (Å²) in [5.41, 5.74) is 1.89. The first-order valence-corrected chi connectivity index (χ1v) is 9.00. The molecule has 2 aromatic rings. The van der Waals surface area contributed by atoms with Crippen LogP contribution in [0.3, 0.4) is 0 Å². The van der Waals surface area contributed by atoms with Crippen LogP contribution in [0.25, 0.3) is 0 Å². The van der Waals surface area contributed by atoms with E-state index < -0.39 is 6.04 Å². The third-order valence-corrected chi connectivity index (χ3v) is 5.39. The third-order valence-electron chi connectivity index (χ3n) is 3.93. The first kappa shape index (κ1) is 16.7. The molecule has 0 fully saturated rings. The van der Waals surface area contributed by atoms with Crippen molar-refractivity contribution in [2.45, 2.75) is 13.0 Å². The molecule has 3 amide bonds. The third kappa shape index (κ3) is 3.22. The minimum atomic E-state index is -0.441. The quantitative estimate of drug-likeness (QED) is 0.806. The van der Waals surface area contributed by atoms with Crippen LogP contribution >= 0.6 is 27.3 Å². The number of urea groups is 1. The van der Waals surface area contributed by atoms with Crippen LogP contribution in [0.4, 0.5) is 10.5 Å². The van der Waals surface area contributed by atoms with Gasteiger partial charge in [-0.2, -0.15) is 0 Å². The van der Waals surface area contributed by atoms with Gasteiger partial charge in [0.05, 0.1) is 11.6 Å². The van der Waals surface area contributed by atoms with Crippen LogP contribution in [-0.4, -0.2) is 23.9 Å². The number of carbonyl (C=O) groups is 2. The lowest BCUT2D eigenvalue weighted by atomic mass is 9.99. The fourth-order valence-electron chi connectivity index (χ4n) is 2.53. The Morgan fingerprint density at radius 3 is 2.62 bits per heavy atom. The number of rotatable bonds is 3. The Bertz CT molecular complexity index is 800. The number of thiophene rings is 1. The fourth-order valence-corrected chi connectivity index (χ4v) is 3.58. The molecule has 2 N–H and O–H groups in total. The van der Waals surface area contributed by atoms with Gasteiger partial charge in [-0.3, -0.25) is 4.79 Å². The topological polar surface area (TPSA) is 61.4 Å². The Kier molecular flexibility index (Phi) is 4.73. The van der Waals surface area contributed by atoms with Gasteiger partial charge < -0.3 is 15.5 Å². The Hall–Kier alpha value is -2.12. The van der Waals surface area contributed by atoms with Gasteiger partial charge in [0, 0.05) is 27.8 Å². The minimum Gasteiger partial charge on any atom is -0.326 e. The molecule has 0 saturated carbocycles. The van der Waals surface area contributed by atoms with Gasteiger partial charge >= 0.3 is 6.03 Å². The van der Waals surface area contributed by atoms with E-state index in [4.69, 9.17) is 0 Å². The number of halogens is 1. The van der Waals surface area contributed by atoms with Crippen LogP contribution in [0.15, 0.2) is 57.5 Å². The summed E-state index contributed by atoms with van der Waals surface area (Å²) in [6.07, 6.45) is 0. The molecule has 7 heteroatoms. The summed E-state index contributed by atoms with van der Waals surface area (Å²) in [6, 6.07) is 10.5. The zero-order chi connectivity index (χ0) is 17.3. The Morgan fingerprint density at radius 2 is 2.00 bits per heavy atom. The van der Waals surface area contributed by atoms with Crippen LogP contribution in [-0.2, 0) is 4.79 Å². The largest absolute Gasteiger partial charge is 0.326 e. The number of amides is 3. The van der Waals surface area contributed by atoms with Gasteiger partial charge in [-0.05, 0) is 42.6 Å². The summed E-state index contributed by atoms with van der Waals surface area (Å²) in [5.74, 6) is -0.222. The lowest BCUT2D eigenvalue weighted by molar-refractivity contribution is -0.113. The Morgan fingerprint density at radius 1 is 1.29 bits per heavy atom. The molecule has 24 heavy (non-hydrogen) atoms. The lowest BCUT2D eigenvalue weighted by Crippen LogP contribution is -2.46. The van der Waals surface area contributed by atoms with Gasteiger partial charge in [0.15, 0.2) is 0 Å². The van der Waals surface area contributed by atoms with Crippen LogP contribution in [0.5, 0.6) is 0 Å². The van der Waals surface area contributed by atoms with Gasteiger partial charge in [-0.25, -0.2) is 4.79 Å². The molecule has 1 aromatic carbocycles. The molecule has 1 aromatic heterocycles. The first-order valence-electron chi connectivity index (χ1n) is 7.32. The summed E-state index contributed by atoms with van der Waals surface area (Å²) in [7, 11) is 1.65. The molecule has 1 unspecified atom stereocenters. The smallest absolute Gasteiger partial charge is 0.322 e. The van der Waals surface area contributed by atoms with Crippen molar-refractivity contribution in [1.82, 2.24) is 10.2 Å². The summed E-state index contributed by atoms with van der Waals surface area (Å²) in [4.78, 5) is 27.4. The minimum absolute atomic E-state index is 0.217. The van der Waals surface area contributed by atoms with Crippen LogP contribution < -0.4 is 10.6 Å². The number of hydrogen-bond donors (Lipinski definition) is 2. The summed E-state index contributed by atoms with van der Waals surface area (Å²) in [6.45, 7) is 1.79. The SMILES string of the molecule is CC1=C(C(=O)Nc2ccc(Br)cc2)C(c2cccs2)NC(=O)N1C. The van der Waals surface area contributed by atoms with E-state index in [-0.39, 0.29) is 11.9 Å². The van der Waals surface area contributed by atoms with Crippen molar-refractivity contribution in [3.05, 3.63) is 62.4 Å². The van der Waals surface area contributed by atoms with Crippen molar-refractivity contribution >= 4 is 44.9 Å². The second-order valence-electron chi connectivity index (χ2n) is 5.42. The second kappa shape index (κ2) is 6.78. The number of allylic oxidation sites excluding steroid dienone is 1. The number of hydrogen-bond acceptors (Lipinski definition) is 3. The Labute approximate surface area is 152 Å². The maximum absolute atomic E-state index is 12.9. The number of nitrogens with zero attached hydrogens (tertiary/aromatic N) is 1. The number of benzene rings is 1. The lowest BCUT2D eigenvalue weighted by Gasteiger charge is -2.33. The number of nitrogens with one attached hydrogen (secondary N) is 2. The maximum Gasteiger partial charge on any atom is 0.322 e. The molecule has 0 saturated heterocycles. The highest BCUT2D eigenvalue weighted by Gasteiger charge is 2.34. The fraction of sp³-hybridized carbons (Fsp3) is 0.176. The predicted molar refractivity (Wildman–Crippen MR) is 98.8 cm³/mol. The van der Waals surface area contributed by atoms with Crippen LogP contribution in [0, 0.1) is 0 Å². The van der Waals surface area contributed by atoms with E-state index in [9.17, 15) is 9.59 Å². The Balaban J connectivity index is 1.95. The molecule has 5 nitrogen and oxygen atoms in total. The number of anilines is 1. The van der Waals surface area contributed by atoms with Gasteiger partial charge in [0.25, 0.3) is 5.91 Å². The summed E-state index contributed by atoms with van der Waals surface area (Å²) < 4.78 is 0.942. The summed E-state index contributed by atoms with van der Waals surface area (Å²) in [5, 5.41) is 7.73. The molecule has 0 bridgehead atoms. The summed E-state index contributed by atoms with van der Waals surface area (Å²) >= 11 is 4.88. The van der Waals surface area contributed by atoms with Gasteiger partial charge in [0.2, 0.25) is 0 Å². The predicted octanol–water partition coefficient (Wildman–Crippen LogP) is 4.12. The van der Waals surface area contributed by atoms with Crippen molar-refractivity contribution in [3.8, 4) is 0 Å². The molecule has 2 heterocycles. The zero-order valence-corrected chi connectivity index (χ0v) is 15.6. The molecule has 1 aliphatic heterocycles. The van der Waals surface area contributed by atoms with Crippen molar-refractivity contribution in [2.75, 3.05) is 12.4 Å². The van der Waals surface area contributed by atoms with Gasteiger partial charge in [0.1, 0.15) is 0 Å². The van der Waals surface area contributed by atoms with E-state index in [1.165, 1.54) is 16.2 Å². The van der Waals surface area contributed by atoms with E-state index in [0.717, 1.165) is 9.35 Å². The maximum atomic E-state index is 12.9. The molecular weight excluding hydrogens is 390 g/mol. The highest BCUT2D eigenvalue weighted by molar-refractivity contribution is 9.10. The van der Waals surface area contributed by atoms with Crippen molar-refractivity contribution in [2.24, 2.45) is 0 Å². The van der Waals surface area contributed by atoms with Crippen molar-refractivity contribution in [3.63, 3.8) is 0 Å². The van der Waals surface area contributed by atoms with Crippen molar-refractivity contribution in [1.29, 1.82) is 0 Å². The molecule has 0 radical (unpaired) electrons. The monoisotopic (exact) mass is 405 g/mol. The molecule has 124 valence electrons. The van der Waals surface area contributed by atoms with Gasteiger partial charge in [-0.1, -0.05) is 22.0 Å². The molecule has 0 spiro atoms. The average molecular weight is 406 g/mol. The van der Waals surface area contributed by atoms with E-state index >= 15 is 0 Å². The van der Waals surface area contributed by atoms with Crippen LogP contribution in [0.2, 0.25) is 0 Å².